The van der Waals surface area contributed by atoms with Crippen molar-refractivity contribution in [1.29, 1.82) is 0 Å². The fourth-order valence-electron chi connectivity index (χ4n) is 1.08. The van der Waals surface area contributed by atoms with E-state index in [0.717, 1.165) is 18.0 Å². The third-order valence-corrected chi connectivity index (χ3v) is 3.11. The van der Waals surface area contributed by atoms with Gasteiger partial charge in [0.05, 0.1) is 11.8 Å². The van der Waals surface area contributed by atoms with Gasteiger partial charge < -0.3 is 0 Å². The van der Waals surface area contributed by atoms with Crippen LogP contribution in [0.15, 0.2) is 5.16 Å². The maximum absolute atomic E-state index is 11.1. The lowest BCUT2D eigenvalue weighted by Crippen LogP contribution is -2.03. The number of Topliss-reactive ketones (excluding diaryl/α,β-unsaturated/α-hetero) is 1. The summed E-state index contributed by atoms with van der Waals surface area (Å²) in [5.41, 5.74) is 0. The molecule has 1 aromatic heterocycles. The first kappa shape index (κ1) is 9.64. The molecule has 0 N–H and O–H groups in total. The zero-order valence-electron chi connectivity index (χ0n) is 8.01. The number of tetrazole rings is 1. The van der Waals surface area contributed by atoms with Crippen molar-refractivity contribution in [1.82, 2.24) is 20.2 Å². The molecule has 1 saturated carbocycles. The number of carbonyl (C=O) groups excluding carboxylic acids is 1. The van der Waals surface area contributed by atoms with Gasteiger partial charge in [-0.2, -0.15) is 0 Å². The van der Waals surface area contributed by atoms with Crippen molar-refractivity contribution in [2.75, 3.05) is 5.75 Å². The van der Waals surface area contributed by atoms with Crippen molar-refractivity contribution in [2.24, 2.45) is 0 Å². The van der Waals surface area contributed by atoms with Gasteiger partial charge in [-0.3, -0.25) is 4.79 Å². The predicted molar refractivity (Wildman–Crippen MR) is 52.1 cm³/mol. The smallest absolute Gasteiger partial charge is 0.210 e. The standard InChI is InChI=1S/C8H12N4OS/c1-2-7(13)5-14-8-9-10-11-12(8)6-3-4-6/h6H,2-5H2,1H3. The van der Waals surface area contributed by atoms with Crippen LogP contribution in [0.5, 0.6) is 0 Å². The van der Waals surface area contributed by atoms with Gasteiger partial charge in [0.2, 0.25) is 5.16 Å². The Balaban J connectivity index is 1.94. The maximum Gasteiger partial charge on any atom is 0.210 e. The summed E-state index contributed by atoms with van der Waals surface area (Å²) in [5.74, 6) is 0.712. The van der Waals surface area contributed by atoms with E-state index >= 15 is 0 Å². The fraction of sp³-hybridized carbons (Fsp3) is 0.750. The van der Waals surface area contributed by atoms with Gasteiger partial charge >= 0.3 is 0 Å². The summed E-state index contributed by atoms with van der Waals surface area (Å²) < 4.78 is 1.83. The number of hydrogen-bond acceptors (Lipinski definition) is 5. The van der Waals surface area contributed by atoms with E-state index in [1.165, 1.54) is 11.8 Å². The van der Waals surface area contributed by atoms with E-state index in [0.29, 0.717) is 18.2 Å². The molecular formula is C8H12N4OS. The highest BCUT2D eigenvalue weighted by Crippen LogP contribution is 2.36. The number of thioether (sulfide) groups is 1. The Labute approximate surface area is 86.2 Å². The molecule has 1 aromatic rings. The van der Waals surface area contributed by atoms with E-state index in [9.17, 15) is 4.79 Å². The average molecular weight is 212 g/mol. The highest BCUT2D eigenvalue weighted by Gasteiger charge is 2.27. The molecule has 0 spiro atoms. The van der Waals surface area contributed by atoms with Gasteiger partial charge in [0, 0.05) is 6.42 Å². The van der Waals surface area contributed by atoms with E-state index in [-0.39, 0.29) is 5.78 Å². The molecule has 0 aromatic carbocycles. The molecule has 0 amide bonds. The molecule has 0 unspecified atom stereocenters. The molecule has 1 heterocycles. The normalized spacial score (nSPS) is 15.8. The summed E-state index contributed by atoms with van der Waals surface area (Å²) in [7, 11) is 0. The Hall–Kier alpha value is -0.910. The molecular weight excluding hydrogens is 200 g/mol. The van der Waals surface area contributed by atoms with E-state index in [4.69, 9.17) is 0 Å². The molecule has 6 heteroatoms. The van der Waals surface area contributed by atoms with Crippen molar-refractivity contribution < 1.29 is 4.79 Å². The van der Waals surface area contributed by atoms with Gasteiger partial charge in [-0.25, -0.2) is 4.68 Å². The number of carbonyl (C=O) groups is 1. The highest BCUT2D eigenvalue weighted by molar-refractivity contribution is 7.99. The van der Waals surface area contributed by atoms with Gasteiger partial charge in [-0.1, -0.05) is 18.7 Å². The molecule has 0 aliphatic heterocycles. The van der Waals surface area contributed by atoms with Crippen LogP contribution in [0, 0.1) is 0 Å². The Kier molecular flexibility index (Phi) is 2.81. The van der Waals surface area contributed by atoms with Crippen molar-refractivity contribution >= 4 is 17.5 Å². The van der Waals surface area contributed by atoms with Crippen LogP contribution in [-0.2, 0) is 4.79 Å². The lowest BCUT2D eigenvalue weighted by Gasteiger charge is -2.00. The van der Waals surface area contributed by atoms with Crippen LogP contribution >= 0.6 is 11.8 Å². The summed E-state index contributed by atoms with van der Waals surface area (Å²) in [6.45, 7) is 1.87. The second kappa shape index (κ2) is 4.08. The van der Waals surface area contributed by atoms with Crippen LogP contribution in [0.25, 0.3) is 0 Å². The van der Waals surface area contributed by atoms with Gasteiger partial charge in [-0.15, -0.1) is 5.10 Å². The monoisotopic (exact) mass is 212 g/mol. The zero-order valence-corrected chi connectivity index (χ0v) is 8.83. The van der Waals surface area contributed by atoms with Crippen LogP contribution in [0.1, 0.15) is 32.2 Å². The van der Waals surface area contributed by atoms with Gasteiger partial charge in [0.1, 0.15) is 5.78 Å². The quantitative estimate of drug-likeness (QED) is 0.683. The number of ketones is 1. The maximum atomic E-state index is 11.1. The number of hydrogen-bond donors (Lipinski definition) is 0. The van der Waals surface area contributed by atoms with E-state index in [2.05, 4.69) is 15.5 Å². The van der Waals surface area contributed by atoms with Crippen LogP contribution in [0.4, 0.5) is 0 Å². The second-order valence-corrected chi connectivity index (χ2v) is 4.26. The summed E-state index contributed by atoms with van der Waals surface area (Å²) in [4.78, 5) is 11.1. The van der Waals surface area contributed by atoms with Crippen LogP contribution < -0.4 is 0 Å². The molecule has 76 valence electrons. The Morgan fingerprint density at radius 1 is 1.64 bits per heavy atom. The third kappa shape index (κ3) is 2.12. The van der Waals surface area contributed by atoms with Crippen molar-refractivity contribution in [3.8, 4) is 0 Å². The third-order valence-electron chi connectivity index (χ3n) is 2.11. The molecule has 1 fully saturated rings. The predicted octanol–water partition coefficient (Wildman–Crippen LogP) is 1.08. The first-order valence-electron chi connectivity index (χ1n) is 4.73. The van der Waals surface area contributed by atoms with E-state index in [1.807, 2.05) is 11.6 Å². The van der Waals surface area contributed by atoms with Gasteiger partial charge in [-0.05, 0) is 23.3 Å². The SMILES string of the molecule is CCC(=O)CSc1nnnn1C1CC1. The summed E-state index contributed by atoms with van der Waals surface area (Å²) in [5, 5.41) is 12.2. The number of aromatic nitrogens is 4. The molecule has 14 heavy (non-hydrogen) atoms. The Bertz CT molecular complexity index is 334. The number of rotatable bonds is 5. The molecule has 1 aliphatic rings. The minimum atomic E-state index is 0.236. The molecule has 0 radical (unpaired) electrons. The zero-order chi connectivity index (χ0) is 9.97. The minimum Gasteiger partial charge on any atom is -0.299 e. The number of nitrogens with zero attached hydrogens (tertiary/aromatic N) is 4. The Morgan fingerprint density at radius 2 is 2.43 bits per heavy atom. The topological polar surface area (TPSA) is 60.7 Å². The van der Waals surface area contributed by atoms with Crippen LogP contribution in [0.2, 0.25) is 0 Å². The average Bonchev–Trinajstić information content (AvgIpc) is 2.94. The molecule has 0 saturated heterocycles. The first-order valence-corrected chi connectivity index (χ1v) is 5.72. The molecule has 0 bridgehead atoms. The minimum absolute atomic E-state index is 0.236. The molecule has 2 rings (SSSR count). The summed E-state index contributed by atoms with van der Waals surface area (Å²) in [6.07, 6.45) is 2.89. The van der Waals surface area contributed by atoms with Crippen LogP contribution in [0.3, 0.4) is 0 Å². The van der Waals surface area contributed by atoms with Crippen molar-refractivity contribution in [2.45, 2.75) is 37.4 Å². The van der Waals surface area contributed by atoms with Gasteiger partial charge in [0.25, 0.3) is 0 Å². The Morgan fingerprint density at radius 3 is 3.07 bits per heavy atom. The summed E-state index contributed by atoms with van der Waals surface area (Å²) >= 11 is 1.43. The molecule has 1 aliphatic carbocycles. The van der Waals surface area contributed by atoms with Crippen molar-refractivity contribution in [3.05, 3.63) is 0 Å². The lowest BCUT2D eigenvalue weighted by atomic mass is 10.4. The molecule has 0 atom stereocenters. The highest BCUT2D eigenvalue weighted by atomic mass is 32.2. The lowest BCUT2D eigenvalue weighted by molar-refractivity contribution is -0.116. The molecule has 5 nitrogen and oxygen atoms in total. The largest absolute Gasteiger partial charge is 0.299 e. The van der Waals surface area contributed by atoms with E-state index < -0.39 is 0 Å². The first-order chi connectivity index (χ1) is 6.81. The summed E-state index contributed by atoms with van der Waals surface area (Å²) in [6, 6.07) is 0.476. The van der Waals surface area contributed by atoms with Gasteiger partial charge in [0.15, 0.2) is 0 Å². The van der Waals surface area contributed by atoms with Crippen LogP contribution in [-0.4, -0.2) is 31.7 Å². The van der Waals surface area contributed by atoms with Crippen molar-refractivity contribution in [3.63, 3.8) is 0 Å². The van der Waals surface area contributed by atoms with E-state index in [1.54, 1.807) is 0 Å². The second-order valence-electron chi connectivity index (χ2n) is 3.32. The fourth-order valence-corrected chi connectivity index (χ4v) is 1.98.